The van der Waals surface area contributed by atoms with Gasteiger partial charge in [-0.05, 0) is 259 Å². The zero-order valence-corrected chi connectivity index (χ0v) is 95.3. The minimum absolute atomic E-state index is 0.0995. The van der Waals surface area contributed by atoms with Crippen molar-refractivity contribution >= 4 is 83.6 Å². The maximum absolute atomic E-state index is 11.9. The first kappa shape index (κ1) is 148. The molecular formula is C112H192O31. The Labute approximate surface area is 858 Å². The third-order valence-electron chi connectivity index (χ3n) is 25.2. The van der Waals surface area contributed by atoms with Crippen LogP contribution < -0.4 is 0 Å². The minimum Gasteiger partial charge on any atom is -0.481 e. The monoisotopic (exact) mass is 2030 g/mol. The van der Waals surface area contributed by atoms with Crippen LogP contribution in [0.1, 0.15) is 356 Å². The van der Waals surface area contributed by atoms with Gasteiger partial charge in [-0.2, -0.15) is 0 Å². The van der Waals surface area contributed by atoms with Crippen LogP contribution in [0.25, 0.3) is 0 Å². The van der Waals surface area contributed by atoms with Gasteiger partial charge >= 0.3 is 83.6 Å². The fourth-order valence-corrected chi connectivity index (χ4v) is 8.49. The van der Waals surface area contributed by atoms with E-state index >= 15 is 0 Å². The lowest BCUT2D eigenvalue weighted by atomic mass is 9.69. The summed E-state index contributed by atoms with van der Waals surface area (Å²) in [5, 5.41) is 51.7. The Balaban J connectivity index is -0.000000234. The van der Waals surface area contributed by atoms with Crippen molar-refractivity contribution in [3.05, 3.63) is 120 Å². The Bertz CT molecular complexity index is 3850. The van der Waals surface area contributed by atoms with Crippen molar-refractivity contribution in [2.75, 3.05) is 67.6 Å². The van der Waals surface area contributed by atoms with Crippen LogP contribution in [-0.4, -0.2) is 188 Å². The lowest BCUT2D eigenvalue weighted by Crippen LogP contribution is -2.50. The number of esters is 10. The number of aliphatic hydroxyl groups is 2. The number of carboxylic acid groups (broad SMARTS) is 4. The Kier molecular flexibility index (Phi) is 76.5. The number of hydrogen-bond acceptors (Lipinski definition) is 27. The number of aliphatic carboxylic acids is 4. The van der Waals surface area contributed by atoms with Crippen molar-refractivity contribution in [3.63, 3.8) is 0 Å². The largest absolute Gasteiger partial charge is 0.481 e. The summed E-state index contributed by atoms with van der Waals surface area (Å²) in [5.41, 5.74) is -3.40. The number of ether oxygens (including phenoxy) is 11. The maximum Gasteiger partial charge on any atom is 0.314 e. The molecule has 1 heterocycles. The van der Waals surface area contributed by atoms with Gasteiger partial charge in [0.25, 0.3) is 0 Å². The molecule has 0 spiro atoms. The molecule has 4 rings (SSSR count). The average Bonchev–Trinajstić information content (AvgIpc) is 0.774. The number of carboxylic acids is 4. The Morgan fingerprint density at radius 3 is 0.804 bits per heavy atom. The molecule has 0 saturated carbocycles. The van der Waals surface area contributed by atoms with Gasteiger partial charge in [0.05, 0.1) is 117 Å². The van der Waals surface area contributed by atoms with Gasteiger partial charge in [0, 0.05) is 0 Å². The molecule has 1 aliphatic heterocycles. The third kappa shape index (κ3) is 65.1. The molecule has 1 saturated heterocycles. The van der Waals surface area contributed by atoms with E-state index in [0.717, 1.165) is 55.2 Å². The van der Waals surface area contributed by atoms with E-state index in [2.05, 4.69) is 11.3 Å². The number of carbonyl (C=O) groups is 14. The van der Waals surface area contributed by atoms with Crippen molar-refractivity contribution in [1.29, 1.82) is 0 Å². The summed E-state index contributed by atoms with van der Waals surface area (Å²) >= 11 is 0. The number of hydrogen-bond donors (Lipinski definition) is 6. The molecule has 1 aliphatic rings. The van der Waals surface area contributed by atoms with E-state index < -0.39 is 73.3 Å². The second kappa shape index (κ2) is 73.8. The highest BCUT2D eigenvalue weighted by Crippen LogP contribution is 2.43. The minimum atomic E-state index is -0.982. The lowest BCUT2D eigenvalue weighted by Gasteiger charge is -2.42. The molecule has 3 aromatic carbocycles. The topological polar surface area (TPSA) is 462 Å². The number of aliphatic hydroxyl groups excluding tert-OH is 2. The van der Waals surface area contributed by atoms with Crippen molar-refractivity contribution in [2.45, 2.75) is 366 Å². The quantitative estimate of drug-likeness (QED) is 0.0175. The predicted octanol–water partition coefficient (Wildman–Crippen LogP) is 22.9. The van der Waals surface area contributed by atoms with Gasteiger partial charge in [-0.1, -0.05) is 201 Å². The Morgan fingerprint density at radius 1 is 0.350 bits per heavy atom. The number of methoxy groups -OCH3 is 3. The molecule has 3 unspecified atom stereocenters. The normalized spacial score (nSPS) is 14.0. The van der Waals surface area contributed by atoms with Crippen molar-refractivity contribution in [3.8, 4) is 0 Å². The van der Waals surface area contributed by atoms with Crippen LogP contribution in [0, 0.1) is 76.3 Å². The van der Waals surface area contributed by atoms with Crippen molar-refractivity contribution < 1.29 is 150 Å². The van der Waals surface area contributed by atoms with Crippen LogP contribution in [0.3, 0.4) is 0 Å². The van der Waals surface area contributed by atoms with Crippen LogP contribution in [0.5, 0.6) is 0 Å². The molecule has 0 amide bonds. The molecule has 0 aliphatic carbocycles. The molecule has 0 radical (unpaired) electrons. The van der Waals surface area contributed by atoms with Crippen molar-refractivity contribution in [1.82, 2.24) is 0 Å². The third-order valence-corrected chi connectivity index (χ3v) is 25.2. The van der Waals surface area contributed by atoms with E-state index in [9.17, 15) is 72.2 Å². The van der Waals surface area contributed by atoms with E-state index in [4.69, 9.17) is 72.9 Å². The molecule has 1 fully saturated rings. The van der Waals surface area contributed by atoms with Gasteiger partial charge in [0.2, 0.25) is 0 Å². The molecule has 3 aromatic rings. The maximum atomic E-state index is 11.9. The second-order valence-electron chi connectivity index (χ2n) is 42.1. The summed E-state index contributed by atoms with van der Waals surface area (Å²) in [6.07, 6.45) is 9.69. The summed E-state index contributed by atoms with van der Waals surface area (Å²) < 4.78 is 54.8. The second-order valence-corrected chi connectivity index (χ2v) is 42.1. The SMILES string of the molecule is C=CCOC(=O)C(C)(C)CC.CCC(C)(C)C(=O)O.CCC(C)(C)C(=O)O.CCC(C)(C)C(=O)O.CCC(C)(C)C(=O)O.CCC(C)(C)C(=O)OC.CCC(C)(C)C(=O)OCC(O)COC(=O)C(C)C.CCC(C)(C)C(=O)OCCO.CCC(C)(C)C(=O)OCc1ccccc1.CCC(C)(C)C(=O)OCc1ccccc1.CCC(C)(C)C(=O)OCc1ccccc1.CCC1(C(=O)OC)COCC(C)(C(=O)OC)C1. The molecule has 826 valence electrons. The highest BCUT2D eigenvalue weighted by Gasteiger charge is 2.52. The van der Waals surface area contributed by atoms with Gasteiger partial charge in [-0.15, -0.1) is 0 Å². The molecule has 6 N–H and O–H groups in total. The Hall–Kier alpha value is -10.1. The highest BCUT2D eigenvalue weighted by molar-refractivity contribution is 5.83. The molecule has 0 bridgehead atoms. The molecule has 31 heteroatoms. The van der Waals surface area contributed by atoms with E-state index in [0.29, 0.717) is 78.0 Å². The molecule has 0 aromatic heterocycles. The van der Waals surface area contributed by atoms with Gasteiger partial charge < -0.3 is 82.7 Å². The molecule has 31 nitrogen and oxygen atoms in total. The number of benzene rings is 3. The fraction of sp³-hybridized carbons (Fsp3) is 0.696. The van der Waals surface area contributed by atoms with Crippen LogP contribution in [0.2, 0.25) is 0 Å². The summed E-state index contributed by atoms with van der Waals surface area (Å²) in [5.74, 6) is -5.46. The summed E-state index contributed by atoms with van der Waals surface area (Å²) in [6.45, 7) is 73.2. The predicted molar refractivity (Wildman–Crippen MR) is 558 cm³/mol. The zero-order chi connectivity index (χ0) is 114. The first-order valence-electron chi connectivity index (χ1n) is 49.5. The molecule has 143 heavy (non-hydrogen) atoms. The van der Waals surface area contributed by atoms with E-state index in [-0.39, 0.29) is 126 Å². The van der Waals surface area contributed by atoms with Crippen LogP contribution >= 0.6 is 0 Å². The van der Waals surface area contributed by atoms with E-state index in [1.165, 1.54) is 21.3 Å². The van der Waals surface area contributed by atoms with Gasteiger partial charge in [-0.25, -0.2) is 0 Å². The molecule has 3 atom stereocenters. The molecular weight excluding hydrogens is 1840 g/mol. The van der Waals surface area contributed by atoms with Gasteiger partial charge in [-0.3, -0.25) is 67.1 Å². The smallest absolute Gasteiger partial charge is 0.314 e. The van der Waals surface area contributed by atoms with E-state index in [1.54, 1.807) is 96.1 Å². The average molecular weight is 2030 g/mol. The van der Waals surface area contributed by atoms with Crippen LogP contribution in [0.4, 0.5) is 0 Å². The summed E-state index contributed by atoms with van der Waals surface area (Å²) in [4.78, 5) is 155. The van der Waals surface area contributed by atoms with Gasteiger partial charge in [0.1, 0.15) is 52.4 Å². The van der Waals surface area contributed by atoms with Crippen LogP contribution in [-0.2, 0) is 139 Å². The number of carbonyl (C=O) groups excluding carboxylic acids is 10. The zero-order valence-electron chi connectivity index (χ0n) is 95.3. The standard InChI is InChI=1S/C13H24O5.3C13H18O2.C12H20O5.C9H16O2.C8H16O3.C7H14O2.4C6H12O2/c1-6-13(4,5)12(16)18-8-10(14)7-17-11(15)9(2)3;3*1-4-13(2,3)12(14)15-10-11-8-6-5-7-9-11;1-5-12(10(14)16-4)6-11(2,7-17-8-12)9(13)15-3;1-5-7-11-8(10)9(3,4)6-2;1-4-8(2,3)7(10)11-6-5-9;1-5-7(2,3)6(8)9-4;4*1-4-6(2,3)5(7)8/h9-10,14H,6-8H2,1-5H3;3*5-9H,4,10H2,1-3H3;5-8H2,1-4H3;5H,1,6-7H2,2-4H3;9H,4-6H2,1-3H3;5H2,1-4H3;4*4H2,1-3H3,(H,7,8). The fourth-order valence-electron chi connectivity index (χ4n) is 8.49. The Morgan fingerprint density at radius 2 is 0.594 bits per heavy atom. The first-order chi connectivity index (χ1) is 65.5. The highest BCUT2D eigenvalue weighted by atomic mass is 16.6. The number of rotatable bonds is 40. The van der Waals surface area contributed by atoms with E-state index in [1.807, 2.05) is 257 Å². The lowest BCUT2D eigenvalue weighted by molar-refractivity contribution is -0.181. The summed E-state index contributed by atoms with van der Waals surface area (Å²) in [6, 6.07) is 29.2. The van der Waals surface area contributed by atoms with Crippen molar-refractivity contribution in [2.24, 2.45) is 76.3 Å². The van der Waals surface area contributed by atoms with Crippen LogP contribution in [0.15, 0.2) is 104 Å². The van der Waals surface area contributed by atoms with Gasteiger partial charge in [0.15, 0.2) is 0 Å². The first-order valence-corrected chi connectivity index (χ1v) is 49.5. The summed E-state index contributed by atoms with van der Waals surface area (Å²) in [7, 11) is 4.11.